The highest BCUT2D eigenvalue weighted by atomic mass is 16.5. The number of methoxy groups -OCH3 is 1. The molecule has 0 aliphatic carbocycles. The van der Waals surface area contributed by atoms with Crippen molar-refractivity contribution in [3.05, 3.63) is 65.4 Å². The van der Waals surface area contributed by atoms with Crippen LogP contribution >= 0.6 is 0 Å². The zero-order valence-electron chi connectivity index (χ0n) is 12.9. The van der Waals surface area contributed by atoms with Gasteiger partial charge in [0.05, 0.1) is 12.7 Å². The number of benzene rings is 2. The van der Waals surface area contributed by atoms with Crippen molar-refractivity contribution in [3.63, 3.8) is 0 Å². The van der Waals surface area contributed by atoms with Gasteiger partial charge in [-0.05, 0) is 24.3 Å². The van der Waals surface area contributed by atoms with Gasteiger partial charge >= 0.3 is 5.97 Å². The predicted molar refractivity (Wildman–Crippen MR) is 92.6 cm³/mol. The molecule has 1 aliphatic heterocycles. The van der Waals surface area contributed by atoms with E-state index in [4.69, 9.17) is 4.74 Å². The Balaban J connectivity index is 1.81. The van der Waals surface area contributed by atoms with Gasteiger partial charge in [-0.25, -0.2) is 4.79 Å². The van der Waals surface area contributed by atoms with Gasteiger partial charge in [0.1, 0.15) is 0 Å². The summed E-state index contributed by atoms with van der Waals surface area (Å²) < 4.78 is 4.71. The molecule has 1 aromatic heterocycles. The quantitative estimate of drug-likeness (QED) is 0.561. The average Bonchev–Trinajstić information content (AvgIpc) is 3.15. The Bertz CT molecular complexity index is 1010. The molecule has 118 valence electrons. The number of ether oxygens (including phenoxy) is 1. The fourth-order valence-corrected chi connectivity index (χ4v) is 2.95. The lowest BCUT2D eigenvalue weighted by Crippen LogP contribution is -2.04. The van der Waals surface area contributed by atoms with Gasteiger partial charge in [0.15, 0.2) is 0 Å². The Morgan fingerprint density at radius 1 is 1.17 bits per heavy atom. The lowest BCUT2D eigenvalue weighted by molar-refractivity contribution is -0.110. The largest absolute Gasteiger partial charge is 0.465 e. The van der Waals surface area contributed by atoms with Crippen molar-refractivity contribution in [3.8, 4) is 0 Å². The van der Waals surface area contributed by atoms with Crippen molar-refractivity contribution >= 4 is 40.1 Å². The second-order valence-corrected chi connectivity index (χ2v) is 5.55. The maximum absolute atomic E-state index is 12.3. The van der Waals surface area contributed by atoms with Crippen molar-refractivity contribution < 1.29 is 14.3 Å². The molecule has 5 nitrogen and oxygen atoms in total. The summed E-state index contributed by atoms with van der Waals surface area (Å²) in [7, 11) is 1.33. The second kappa shape index (κ2) is 5.38. The minimum atomic E-state index is -0.430. The third kappa shape index (κ3) is 2.18. The van der Waals surface area contributed by atoms with Crippen LogP contribution in [0.2, 0.25) is 0 Å². The lowest BCUT2D eigenvalue weighted by atomic mass is 10.0. The van der Waals surface area contributed by atoms with Crippen molar-refractivity contribution in [1.29, 1.82) is 0 Å². The number of para-hydroxylation sites is 1. The van der Waals surface area contributed by atoms with E-state index in [1.165, 1.54) is 7.11 Å². The van der Waals surface area contributed by atoms with Crippen molar-refractivity contribution in [2.24, 2.45) is 0 Å². The highest BCUT2D eigenvalue weighted by Gasteiger charge is 2.25. The fourth-order valence-electron chi connectivity index (χ4n) is 2.95. The zero-order chi connectivity index (χ0) is 16.7. The molecule has 0 saturated carbocycles. The number of anilines is 1. The number of nitrogens with one attached hydrogen (secondary N) is 2. The van der Waals surface area contributed by atoms with Crippen LogP contribution in [-0.2, 0) is 9.53 Å². The standard InChI is InChI=1S/C19H14N2O3/c1-24-19(23)11-6-7-14-15(18(22)21-17(14)9-11)8-12-10-20-16-5-3-2-4-13(12)16/h2-10,20H,1H3,(H,21,22)/b15-8-. The first-order valence-electron chi connectivity index (χ1n) is 7.49. The van der Waals surface area contributed by atoms with Crippen LogP contribution in [-0.4, -0.2) is 24.0 Å². The molecule has 0 fully saturated rings. The van der Waals surface area contributed by atoms with Gasteiger partial charge in [0.2, 0.25) is 0 Å². The average molecular weight is 318 g/mol. The molecule has 0 radical (unpaired) electrons. The summed E-state index contributed by atoms with van der Waals surface area (Å²) in [6.45, 7) is 0. The number of amides is 1. The number of fused-ring (bicyclic) bond motifs is 2. The fraction of sp³-hybridized carbons (Fsp3) is 0.0526. The van der Waals surface area contributed by atoms with Gasteiger partial charge in [0.25, 0.3) is 5.91 Å². The molecule has 0 atom stereocenters. The molecular weight excluding hydrogens is 304 g/mol. The minimum absolute atomic E-state index is 0.183. The molecule has 0 unspecified atom stereocenters. The number of carbonyl (C=O) groups excluding carboxylic acids is 2. The van der Waals surface area contributed by atoms with E-state index >= 15 is 0 Å². The number of aromatic amines is 1. The SMILES string of the molecule is COC(=O)c1ccc2c(c1)NC(=O)/C2=C\c1c[nH]c2ccccc12. The molecule has 1 amide bonds. The van der Waals surface area contributed by atoms with Crippen LogP contribution in [0.1, 0.15) is 21.5 Å². The Hall–Kier alpha value is -3.34. The smallest absolute Gasteiger partial charge is 0.337 e. The molecular formula is C19H14N2O3. The summed E-state index contributed by atoms with van der Waals surface area (Å²) in [5, 5.41) is 3.86. The predicted octanol–water partition coefficient (Wildman–Crippen LogP) is 3.45. The molecule has 2 heterocycles. The lowest BCUT2D eigenvalue weighted by Gasteiger charge is -2.02. The molecule has 2 N–H and O–H groups in total. The number of esters is 1. The van der Waals surface area contributed by atoms with Crippen LogP contribution < -0.4 is 5.32 Å². The van der Waals surface area contributed by atoms with Crippen molar-refractivity contribution in [1.82, 2.24) is 4.98 Å². The Morgan fingerprint density at radius 3 is 2.83 bits per heavy atom. The van der Waals surface area contributed by atoms with E-state index < -0.39 is 5.97 Å². The summed E-state index contributed by atoms with van der Waals surface area (Å²) in [5.74, 6) is -0.613. The van der Waals surface area contributed by atoms with Crippen molar-refractivity contribution in [2.45, 2.75) is 0 Å². The topological polar surface area (TPSA) is 71.2 Å². The molecule has 1 aliphatic rings. The van der Waals surface area contributed by atoms with Gasteiger partial charge in [-0.2, -0.15) is 0 Å². The van der Waals surface area contributed by atoms with Gasteiger partial charge in [-0.15, -0.1) is 0 Å². The molecule has 0 spiro atoms. The van der Waals surface area contributed by atoms with E-state index in [0.717, 1.165) is 22.0 Å². The summed E-state index contributed by atoms with van der Waals surface area (Å²) in [5.41, 5.74) is 4.34. The summed E-state index contributed by atoms with van der Waals surface area (Å²) >= 11 is 0. The van der Waals surface area contributed by atoms with Gasteiger partial charge in [-0.3, -0.25) is 4.79 Å². The molecule has 24 heavy (non-hydrogen) atoms. The highest BCUT2D eigenvalue weighted by Crippen LogP contribution is 2.35. The third-order valence-electron chi connectivity index (χ3n) is 4.14. The molecule has 5 heteroatoms. The van der Waals surface area contributed by atoms with E-state index in [9.17, 15) is 9.59 Å². The Kier molecular flexibility index (Phi) is 3.20. The summed E-state index contributed by atoms with van der Waals surface area (Å²) in [6, 6.07) is 13.0. The van der Waals surface area contributed by atoms with Gasteiger partial charge in [-0.1, -0.05) is 24.3 Å². The third-order valence-corrected chi connectivity index (χ3v) is 4.14. The van der Waals surface area contributed by atoms with E-state index in [0.29, 0.717) is 16.8 Å². The normalized spacial score (nSPS) is 14.7. The first-order valence-corrected chi connectivity index (χ1v) is 7.49. The number of carbonyl (C=O) groups is 2. The number of rotatable bonds is 2. The van der Waals surface area contributed by atoms with E-state index in [-0.39, 0.29) is 5.91 Å². The molecule has 0 saturated heterocycles. The van der Waals surface area contributed by atoms with Gasteiger partial charge < -0.3 is 15.0 Å². The van der Waals surface area contributed by atoms with Crippen LogP contribution in [0.5, 0.6) is 0 Å². The number of hydrogen-bond acceptors (Lipinski definition) is 3. The first-order chi connectivity index (χ1) is 11.7. The first kappa shape index (κ1) is 14.3. The van der Waals surface area contributed by atoms with Crippen LogP contribution in [0.3, 0.4) is 0 Å². The van der Waals surface area contributed by atoms with Crippen LogP contribution in [0.15, 0.2) is 48.7 Å². The highest BCUT2D eigenvalue weighted by molar-refractivity contribution is 6.35. The van der Waals surface area contributed by atoms with Gasteiger partial charge in [0, 0.05) is 39.5 Å². The Morgan fingerprint density at radius 2 is 2.00 bits per heavy atom. The summed E-state index contributed by atoms with van der Waals surface area (Å²) in [4.78, 5) is 27.2. The van der Waals surface area contributed by atoms with E-state index in [2.05, 4.69) is 10.3 Å². The van der Waals surface area contributed by atoms with Crippen LogP contribution in [0, 0.1) is 0 Å². The number of H-pyrrole nitrogens is 1. The summed E-state index contributed by atoms with van der Waals surface area (Å²) in [6.07, 6.45) is 3.74. The maximum Gasteiger partial charge on any atom is 0.337 e. The van der Waals surface area contributed by atoms with E-state index in [1.54, 1.807) is 18.2 Å². The molecule has 3 aromatic rings. The molecule has 4 rings (SSSR count). The molecule has 0 bridgehead atoms. The number of hydrogen-bond donors (Lipinski definition) is 2. The zero-order valence-corrected chi connectivity index (χ0v) is 12.9. The van der Waals surface area contributed by atoms with E-state index in [1.807, 2.05) is 36.5 Å². The van der Waals surface area contributed by atoms with Crippen LogP contribution in [0.25, 0.3) is 22.6 Å². The van der Waals surface area contributed by atoms with Crippen molar-refractivity contribution in [2.75, 3.05) is 12.4 Å². The minimum Gasteiger partial charge on any atom is -0.465 e. The number of aromatic nitrogens is 1. The monoisotopic (exact) mass is 318 g/mol. The Labute approximate surface area is 137 Å². The molecule has 2 aromatic carbocycles. The second-order valence-electron chi connectivity index (χ2n) is 5.55. The van der Waals surface area contributed by atoms with Crippen LogP contribution in [0.4, 0.5) is 5.69 Å². The maximum atomic E-state index is 12.3.